The molecule has 0 bridgehead atoms. The molecule has 1 spiro atoms. The summed E-state index contributed by atoms with van der Waals surface area (Å²) < 4.78 is 4.88. The molecule has 3 rings (SSSR count). The van der Waals surface area contributed by atoms with Crippen molar-refractivity contribution in [2.45, 2.75) is 42.8 Å². The molecule has 0 aliphatic heterocycles. The molecule has 2 aliphatic rings. The highest BCUT2D eigenvalue weighted by Gasteiger charge is 2.47. The Hall–Kier alpha value is -0.960. The molecule has 0 radical (unpaired) electrons. The lowest BCUT2D eigenvalue weighted by Gasteiger charge is -2.40. The number of hydrogen-bond donors (Lipinski definition) is 1. The molecule has 102 valence electrons. The number of methoxy groups -OCH3 is 1. The van der Waals surface area contributed by atoms with E-state index < -0.39 is 0 Å². The zero-order chi connectivity index (χ0) is 13.5. The van der Waals surface area contributed by atoms with Crippen molar-refractivity contribution in [1.29, 1.82) is 0 Å². The van der Waals surface area contributed by atoms with E-state index in [1.54, 1.807) is 0 Å². The van der Waals surface area contributed by atoms with Crippen LogP contribution in [0.2, 0.25) is 0 Å². The first-order valence-corrected chi connectivity index (χ1v) is 7.53. The number of rotatable bonds is 1. The first kappa shape index (κ1) is 13.0. The second-order valence-electron chi connectivity index (χ2n) is 5.83. The fraction of sp³-hybridized carbons (Fsp3) is 0.562. The molecule has 1 unspecified atom stereocenters. The summed E-state index contributed by atoms with van der Waals surface area (Å²) in [5.74, 6) is 0.0424. The van der Waals surface area contributed by atoms with Crippen LogP contribution in [0.15, 0.2) is 24.3 Å². The van der Waals surface area contributed by atoms with Crippen LogP contribution in [0.5, 0.6) is 0 Å². The highest BCUT2D eigenvalue weighted by atomic mass is 32.1. The number of esters is 1. The molecule has 0 heterocycles. The Balaban J connectivity index is 1.85. The van der Waals surface area contributed by atoms with E-state index in [4.69, 9.17) is 17.4 Å². The minimum atomic E-state index is -0.0446. The van der Waals surface area contributed by atoms with Crippen molar-refractivity contribution in [3.8, 4) is 0 Å². The summed E-state index contributed by atoms with van der Waals surface area (Å²) in [4.78, 5) is 11.7. The lowest BCUT2D eigenvalue weighted by Crippen LogP contribution is -2.38. The summed E-state index contributed by atoms with van der Waals surface area (Å²) in [5.41, 5.74) is 3.10. The smallest absolute Gasteiger partial charge is 0.308 e. The Bertz CT molecular complexity index is 489. The molecule has 1 atom stereocenters. The monoisotopic (exact) mass is 276 g/mol. The van der Waals surface area contributed by atoms with Crippen LogP contribution in [0.1, 0.15) is 36.8 Å². The van der Waals surface area contributed by atoms with E-state index in [2.05, 4.69) is 24.3 Å². The van der Waals surface area contributed by atoms with Gasteiger partial charge >= 0.3 is 5.97 Å². The summed E-state index contributed by atoms with van der Waals surface area (Å²) >= 11 is 4.85. The van der Waals surface area contributed by atoms with Crippen LogP contribution in [0.3, 0.4) is 0 Å². The van der Waals surface area contributed by atoms with Crippen LogP contribution < -0.4 is 0 Å². The highest BCUT2D eigenvalue weighted by Crippen LogP contribution is 2.51. The van der Waals surface area contributed by atoms with Gasteiger partial charge in [-0.2, -0.15) is 12.6 Å². The molecule has 1 aromatic rings. The van der Waals surface area contributed by atoms with Crippen molar-refractivity contribution in [2.24, 2.45) is 5.92 Å². The van der Waals surface area contributed by atoms with Gasteiger partial charge in [0.15, 0.2) is 0 Å². The number of fused-ring (bicyclic) bond motifs is 2. The molecular formula is C16H20O2S. The Morgan fingerprint density at radius 1 is 1.32 bits per heavy atom. The van der Waals surface area contributed by atoms with E-state index in [0.29, 0.717) is 5.25 Å². The average molecular weight is 276 g/mol. The van der Waals surface area contributed by atoms with Crippen molar-refractivity contribution in [3.63, 3.8) is 0 Å². The fourth-order valence-electron chi connectivity index (χ4n) is 3.91. The molecular weight excluding hydrogens is 256 g/mol. The SMILES string of the molecule is COC(=O)C1CCC2(CC1)c1ccccc1CC2S. The molecule has 2 nitrogen and oxygen atoms in total. The second-order valence-corrected chi connectivity index (χ2v) is 6.45. The van der Waals surface area contributed by atoms with E-state index in [1.807, 2.05) is 0 Å². The lowest BCUT2D eigenvalue weighted by atomic mass is 9.67. The van der Waals surface area contributed by atoms with E-state index in [9.17, 15) is 4.79 Å². The summed E-state index contributed by atoms with van der Waals surface area (Å²) in [7, 11) is 1.49. The normalized spacial score (nSPS) is 33.2. The predicted octanol–water partition coefficient (Wildman–Crippen LogP) is 3.14. The van der Waals surface area contributed by atoms with E-state index in [0.717, 1.165) is 32.1 Å². The van der Waals surface area contributed by atoms with Crippen molar-refractivity contribution < 1.29 is 9.53 Å². The molecule has 1 fully saturated rings. The van der Waals surface area contributed by atoms with Crippen LogP contribution in [-0.2, 0) is 21.4 Å². The zero-order valence-corrected chi connectivity index (χ0v) is 12.2. The Morgan fingerprint density at radius 2 is 2.00 bits per heavy atom. The third-order valence-corrected chi connectivity index (χ3v) is 5.69. The molecule has 1 saturated carbocycles. The zero-order valence-electron chi connectivity index (χ0n) is 11.3. The number of carbonyl (C=O) groups excluding carboxylic acids is 1. The maximum absolute atomic E-state index is 11.7. The largest absolute Gasteiger partial charge is 0.469 e. The first-order valence-electron chi connectivity index (χ1n) is 7.01. The number of thiol groups is 1. The fourth-order valence-corrected chi connectivity index (χ4v) is 4.50. The molecule has 1 aromatic carbocycles. The van der Waals surface area contributed by atoms with E-state index >= 15 is 0 Å². The molecule has 2 aliphatic carbocycles. The van der Waals surface area contributed by atoms with Crippen molar-refractivity contribution in [3.05, 3.63) is 35.4 Å². The average Bonchev–Trinajstić information content (AvgIpc) is 2.72. The van der Waals surface area contributed by atoms with Crippen LogP contribution in [0.25, 0.3) is 0 Å². The highest BCUT2D eigenvalue weighted by molar-refractivity contribution is 7.81. The maximum atomic E-state index is 11.7. The minimum Gasteiger partial charge on any atom is -0.469 e. The third-order valence-electron chi connectivity index (χ3n) is 5.02. The molecule has 3 heteroatoms. The second kappa shape index (κ2) is 4.86. The van der Waals surface area contributed by atoms with Crippen LogP contribution in [0.4, 0.5) is 0 Å². The van der Waals surface area contributed by atoms with E-state index in [1.165, 1.54) is 18.2 Å². The predicted molar refractivity (Wildman–Crippen MR) is 78.6 cm³/mol. The standard InChI is InChI=1S/C16H20O2S/c1-18-15(17)11-6-8-16(9-7-11)13-5-3-2-4-12(13)10-14(16)19/h2-5,11,14,19H,6-10H2,1H3. The maximum Gasteiger partial charge on any atom is 0.308 e. The first-order chi connectivity index (χ1) is 9.17. The van der Waals surface area contributed by atoms with Crippen LogP contribution in [0, 0.1) is 5.92 Å². The van der Waals surface area contributed by atoms with Crippen LogP contribution in [-0.4, -0.2) is 18.3 Å². The summed E-state index contributed by atoms with van der Waals surface area (Å²) in [6.45, 7) is 0. The van der Waals surface area contributed by atoms with Crippen molar-refractivity contribution in [2.75, 3.05) is 7.11 Å². The summed E-state index contributed by atoms with van der Waals surface area (Å²) in [5, 5.41) is 0.392. The molecule has 0 saturated heterocycles. The Labute approximate surface area is 119 Å². The topological polar surface area (TPSA) is 26.3 Å². The Kier molecular flexibility index (Phi) is 3.34. The van der Waals surface area contributed by atoms with Gasteiger partial charge in [-0.05, 0) is 43.2 Å². The number of ether oxygens (including phenoxy) is 1. The van der Waals surface area contributed by atoms with Crippen molar-refractivity contribution >= 4 is 18.6 Å². The van der Waals surface area contributed by atoms with Crippen LogP contribution >= 0.6 is 12.6 Å². The van der Waals surface area contributed by atoms with Gasteiger partial charge in [-0.25, -0.2) is 0 Å². The Morgan fingerprint density at radius 3 is 2.68 bits per heavy atom. The summed E-state index contributed by atoms with van der Waals surface area (Å²) in [6.07, 6.45) is 5.02. The number of carbonyl (C=O) groups is 1. The van der Waals surface area contributed by atoms with Gasteiger partial charge in [0.1, 0.15) is 0 Å². The van der Waals surface area contributed by atoms with E-state index in [-0.39, 0.29) is 17.3 Å². The van der Waals surface area contributed by atoms with Gasteiger partial charge < -0.3 is 4.74 Å². The van der Waals surface area contributed by atoms with Gasteiger partial charge in [0, 0.05) is 10.7 Å². The molecule has 19 heavy (non-hydrogen) atoms. The summed E-state index contributed by atoms with van der Waals surface area (Å²) in [6, 6.07) is 8.71. The lowest BCUT2D eigenvalue weighted by molar-refractivity contribution is -0.146. The third kappa shape index (κ3) is 1.99. The number of hydrogen-bond acceptors (Lipinski definition) is 3. The molecule has 0 aromatic heterocycles. The van der Waals surface area contributed by atoms with Crippen molar-refractivity contribution in [1.82, 2.24) is 0 Å². The van der Waals surface area contributed by atoms with Gasteiger partial charge in [0.2, 0.25) is 0 Å². The van der Waals surface area contributed by atoms with Gasteiger partial charge in [-0.15, -0.1) is 0 Å². The minimum absolute atomic E-state index is 0.0446. The van der Waals surface area contributed by atoms with Gasteiger partial charge in [0.25, 0.3) is 0 Å². The molecule has 0 N–H and O–H groups in total. The van der Waals surface area contributed by atoms with Gasteiger partial charge in [0.05, 0.1) is 13.0 Å². The number of benzene rings is 1. The molecule has 0 amide bonds. The quantitative estimate of drug-likeness (QED) is 0.630. The van der Waals surface area contributed by atoms with Gasteiger partial charge in [-0.3, -0.25) is 4.79 Å². The van der Waals surface area contributed by atoms with Gasteiger partial charge in [-0.1, -0.05) is 24.3 Å².